The van der Waals surface area contributed by atoms with E-state index >= 15 is 0 Å². The van der Waals surface area contributed by atoms with E-state index in [4.69, 9.17) is 4.74 Å². The van der Waals surface area contributed by atoms with Gasteiger partial charge in [0.1, 0.15) is 17.4 Å². The summed E-state index contributed by atoms with van der Waals surface area (Å²) in [5.74, 6) is -0.744. The fraction of sp³-hybridized carbons (Fsp3) is 0.143. The highest BCUT2D eigenvalue weighted by Crippen LogP contribution is 2.24. The number of benzene rings is 1. The van der Waals surface area contributed by atoms with Gasteiger partial charge in [0, 0.05) is 10.9 Å². The quantitative estimate of drug-likeness (QED) is 0.683. The van der Waals surface area contributed by atoms with Crippen LogP contribution in [0.15, 0.2) is 29.6 Å². The first-order valence-electron chi connectivity index (χ1n) is 6.30. The summed E-state index contributed by atoms with van der Waals surface area (Å²) < 4.78 is 21.8. The summed E-state index contributed by atoms with van der Waals surface area (Å²) >= 11 is 2.42. The Kier molecular flexibility index (Phi) is 4.21. The van der Waals surface area contributed by atoms with Crippen molar-refractivity contribution in [2.75, 3.05) is 0 Å². The first-order valence-corrected chi connectivity index (χ1v) is 7.95. The molecule has 0 bridgehead atoms. The molecule has 5 nitrogen and oxygen atoms in total. The molecule has 0 radical (unpaired) electrons. The van der Waals surface area contributed by atoms with Gasteiger partial charge in [-0.05, 0) is 42.7 Å². The van der Waals surface area contributed by atoms with Crippen molar-refractivity contribution in [3.05, 3.63) is 51.7 Å². The molecule has 0 N–H and O–H groups in total. The van der Waals surface area contributed by atoms with E-state index in [-0.39, 0.29) is 12.4 Å². The minimum absolute atomic E-state index is 0.0773. The zero-order chi connectivity index (χ0) is 15.5. The topological polar surface area (TPSA) is 65.0 Å². The van der Waals surface area contributed by atoms with Crippen LogP contribution in [0.1, 0.15) is 21.1 Å². The van der Waals surface area contributed by atoms with Crippen LogP contribution >= 0.6 is 22.9 Å². The van der Waals surface area contributed by atoms with E-state index in [1.54, 1.807) is 19.1 Å². The Balaban J connectivity index is 1.66. The van der Waals surface area contributed by atoms with Gasteiger partial charge in [-0.15, -0.1) is 16.4 Å². The van der Waals surface area contributed by atoms with E-state index in [0.29, 0.717) is 16.3 Å². The lowest BCUT2D eigenvalue weighted by molar-refractivity contribution is 0.0473. The van der Waals surface area contributed by atoms with Crippen LogP contribution in [0.4, 0.5) is 4.39 Å². The van der Waals surface area contributed by atoms with Gasteiger partial charge in [-0.25, -0.2) is 14.2 Å². The summed E-state index contributed by atoms with van der Waals surface area (Å²) in [7, 11) is 0. The number of thiazole rings is 1. The van der Waals surface area contributed by atoms with Crippen molar-refractivity contribution in [3.63, 3.8) is 0 Å². The number of esters is 1. The Labute approximate surface area is 133 Å². The number of ether oxygens (including phenoxy) is 1. The molecule has 2 heterocycles. The summed E-state index contributed by atoms with van der Waals surface area (Å²) in [6, 6.07) is 6.10. The number of aromatic nitrogens is 3. The molecule has 1 aromatic carbocycles. The van der Waals surface area contributed by atoms with Crippen molar-refractivity contribution >= 4 is 28.8 Å². The third-order valence-corrected chi connectivity index (χ3v) is 4.58. The molecule has 0 aliphatic heterocycles. The molecule has 0 fully saturated rings. The van der Waals surface area contributed by atoms with E-state index in [2.05, 4.69) is 14.6 Å². The average molecular weight is 335 g/mol. The minimum Gasteiger partial charge on any atom is -0.455 e. The smallest absolute Gasteiger partial charge is 0.352 e. The molecule has 0 aliphatic rings. The lowest BCUT2D eigenvalue weighted by Crippen LogP contribution is -2.05. The predicted octanol–water partition coefficient (Wildman–Crippen LogP) is 3.47. The minimum atomic E-state index is -0.455. The van der Waals surface area contributed by atoms with E-state index in [1.807, 2.05) is 5.38 Å². The van der Waals surface area contributed by atoms with Gasteiger partial charge in [-0.2, -0.15) is 0 Å². The molecule has 0 amide bonds. The summed E-state index contributed by atoms with van der Waals surface area (Å²) in [6.07, 6.45) is 0. The Morgan fingerprint density at radius 1 is 1.32 bits per heavy atom. The molecule has 0 unspecified atom stereocenters. The van der Waals surface area contributed by atoms with Crippen LogP contribution in [-0.4, -0.2) is 20.5 Å². The summed E-state index contributed by atoms with van der Waals surface area (Å²) in [6.45, 7) is 1.78. The first kappa shape index (κ1) is 14.7. The maximum atomic E-state index is 12.9. The lowest BCUT2D eigenvalue weighted by atomic mass is 10.2. The van der Waals surface area contributed by atoms with E-state index in [9.17, 15) is 9.18 Å². The average Bonchev–Trinajstić information content (AvgIpc) is 3.14. The molecule has 8 heteroatoms. The summed E-state index contributed by atoms with van der Waals surface area (Å²) in [5, 5.41) is 6.33. The van der Waals surface area contributed by atoms with E-state index < -0.39 is 5.97 Å². The van der Waals surface area contributed by atoms with E-state index in [1.165, 1.54) is 23.5 Å². The largest absolute Gasteiger partial charge is 0.455 e. The monoisotopic (exact) mass is 335 g/mol. The van der Waals surface area contributed by atoms with E-state index in [0.717, 1.165) is 22.1 Å². The van der Waals surface area contributed by atoms with Crippen LogP contribution in [0.2, 0.25) is 0 Å². The standard InChI is InChI=1S/C14H10FN3O2S2/c1-8-12(22-18-17-8)14(19)20-6-11-7-21-13(16-11)9-2-4-10(15)5-3-9/h2-5,7H,6H2,1H3. The second-order valence-corrected chi connectivity index (χ2v) is 6.03. The molecule has 0 aliphatic carbocycles. The number of hydrogen-bond donors (Lipinski definition) is 0. The van der Waals surface area contributed by atoms with Gasteiger partial charge in [0.2, 0.25) is 0 Å². The number of aryl methyl sites for hydroxylation is 1. The van der Waals surface area contributed by atoms with Crippen molar-refractivity contribution in [2.45, 2.75) is 13.5 Å². The molecule has 22 heavy (non-hydrogen) atoms. The van der Waals surface area contributed by atoms with Crippen LogP contribution in [-0.2, 0) is 11.3 Å². The molecule has 3 rings (SSSR count). The van der Waals surface area contributed by atoms with Crippen molar-refractivity contribution < 1.29 is 13.9 Å². The Hall–Kier alpha value is -2.19. The highest BCUT2D eigenvalue weighted by atomic mass is 32.1. The SMILES string of the molecule is Cc1nnsc1C(=O)OCc1csc(-c2ccc(F)cc2)n1. The van der Waals surface area contributed by atoms with Gasteiger partial charge >= 0.3 is 5.97 Å². The first-order chi connectivity index (χ1) is 10.6. The fourth-order valence-corrected chi connectivity index (χ4v) is 3.08. The molecule has 0 saturated heterocycles. The van der Waals surface area contributed by atoms with Gasteiger partial charge in [-0.1, -0.05) is 4.49 Å². The third-order valence-electron chi connectivity index (χ3n) is 2.83. The molecule has 3 aromatic rings. The molecular weight excluding hydrogens is 325 g/mol. The molecule has 112 valence electrons. The molecule has 0 saturated carbocycles. The van der Waals surface area contributed by atoms with Crippen LogP contribution in [0, 0.1) is 12.7 Å². The van der Waals surface area contributed by atoms with Crippen LogP contribution in [0.3, 0.4) is 0 Å². The van der Waals surface area contributed by atoms with Crippen LogP contribution < -0.4 is 0 Å². The molecule has 0 spiro atoms. The molecule has 0 atom stereocenters. The van der Waals surface area contributed by atoms with Crippen molar-refractivity contribution in [1.29, 1.82) is 0 Å². The highest BCUT2D eigenvalue weighted by Gasteiger charge is 2.15. The number of nitrogens with zero attached hydrogens (tertiary/aromatic N) is 3. The number of halogens is 1. The van der Waals surface area contributed by atoms with Crippen LogP contribution in [0.5, 0.6) is 0 Å². The second kappa shape index (κ2) is 6.29. The lowest BCUT2D eigenvalue weighted by Gasteiger charge is -2.00. The maximum absolute atomic E-state index is 12.9. The summed E-state index contributed by atoms with van der Waals surface area (Å²) in [4.78, 5) is 16.6. The zero-order valence-corrected chi connectivity index (χ0v) is 13.1. The van der Waals surface area contributed by atoms with Crippen molar-refractivity contribution in [1.82, 2.24) is 14.6 Å². The predicted molar refractivity (Wildman–Crippen MR) is 81.3 cm³/mol. The molecular formula is C14H10FN3O2S2. The van der Waals surface area contributed by atoms with Gasteiger partial charge in [-0.3, -0.25) is 0 Å². The van der Waals surface area contributed by atoms with Gasteiger partial charge in [0.05, 0.1) is 11.4 Å². The fourth-order valence-electron chi connectivity index (χ4n) is 1.72. The van der Waals surface area contributed by atoms with Gasteiger partial charge < -0.3 is 4.74 Å². The Morgan fingerprint density at radius 3 is 2.77 bits per heavy atom. The second-order valence-electron chi connectivity index (χ2n) is 4.41. The molecule has 2 aromatic heterocycles. The van der Waals surface area contributed by atoms with Crippen molar-refractivity contribution in [2.24, 2.45) is 0 Å². The van der Waals surface area contributed by atoms with Crippen LogP contribution in [0.25, 0.3) is 10.6 Å². The number of carbonyl (C=O) groups excluding carboxylic acids is 1. The number of rotatable bonds is 4. The third kappa shape index (κ3) is 3.18. The maximum Gasteiger partial charge on any atom is 0.352 e. The number of hydrogen-bond acceptors (Lipinski definition) is 7. The van der Waals surface area contributed by atoms with Gasteiger partial charge in [0.25, 0.3) is 0 Å². The van der Waals surface area contributed by atoms with Gasteiger partial charge in [0.15, 0.2) is 4.88 Å². The Bertz CT molecular complexity index is 799. The highest BCUT2D eigenvalue weighted by molar-refractivity contribution is 7.13. The summed E-state index contributed by atoms with van der Waals surface area (Å²) in [5.41, 5.74) is 2.03. The normalized spacial score (nSPS) is 10.6. The Morgan fingerprint density at radius 2 is 2.09 bits per heavy atom. The van der Waals surface area contributed by atoms with Crippen molar-refractivity contribution in [3.8, 4) is 10.6 Å². The number of carbonyl (C=O) groups is 1. The zero-order valence-electron chi connectivity index (χ0n) is 11.4.